The molecule has 0 spiro atoms. The van der Waals surface area contributed by atoms with Gasteiger partial charge in [0.1, 0.15) is 17.2 Å². The van der Waals surface area contributed by atoms with E-state index in [9.17, 15) is 0 Å². The number of aryl methyl sites for hydroxylation is 1. The number of aromatic nitrogens is 4. The Morgan fingerprint density at radius 3 is 3.25 bits per heavy atom. The highest BCUT2D eigenvalue weighted by Crippen LogP contribution is 2.21. The van der Waals surface area contributed by atoms with E-state index in [0.717, 1.165) is 42.3 Å². The minimum atomic E-state index is 0.455. The van der Waals surface area contributed by atoms with Crippen molar-refractivity contribution in [2.75, 3.05) is 0 Å². The van der Waals surface area contributed by atoms with E-state index in [1.165, 1.54) is 4.70 Å². The summed E-state index contributed by atoms with van der Waals surface area (Å²) in [6.45, 7) is 1.73. The first-order valence-electron chi connectivity index (χ1n) is 6.83. The van der Waals surface area contributed by atoms with Crippen LogP contribution in [0.25, 0.3) is 10.2 Å². The zero-order valence-corrected chi connectivity index (χ0v) is 11.8. The molecule has 0 radical (unpaired) electrons. The molecule has 1 N–H and O–H groups in total. The minimum absolute atomic E-state index is 0.455. The lowest BCUT2D eigenvalue weighted by Gasteiger charge is -2.23. The van der Waals surface area contributed by atoms with Gasteiger partial charge in [-0.3, -0.25) is 0 Å². The molecule has 0 amide bonds. The second-order valence-electron chi connectivity index (χ2n) is 5.05. The highest BCUT2D eigenvalue weighted by Gasteiger charge is 2.19. The maximum atomic E-state index is 4.65. The van der Waals surface area contributed by atoms with Crippen LogP contribution in [0, 0.1) is 0 Å². The van der Waals surface area contributed by atoms with Crippen LogP contribution in [0.4, 0.5) is 0 Å². The number of fused-ring (bicyclic) bond motifs is 2. The molecule has 0 fully saturated rings. The maximum Gasteiger partial charge on any atom is 0.138 e. The Balaban J connectivity index is 1.43. The van der Waals surface area contributed by atoms with Gasteiger partial charge in [-0.05, 0) is 18.6 Å². The molecule has 1 aliphatic heterocycles. The van der Waals surface area contributed by atoms with Crippen molar-refractivity contribution in [3.63, 3.8) is 0 Å². The average molecular weight is 285 g/mol. The van der Waals surface area contributed by atoms with Crippen LogP contribution in [0.5, 0.6) is 0 Å². The van der Waals surface area contributed by atoms with Crippen molar-refractivity contribution < 1.29 is 0 Å². The maximum absolute atomic E-state index is 4.65. The van der Waals surface area contributed by atoms with Crippen molar-refractivity contribution in [1.82, 2.24) is 25.1 Å². The smallest absolute Gasteiger partial charge is 0.138 e. The Bertz CT molecular complexity index is 699. The van der Waals surface area contributed by atoms with E-state index in [1.54, 1.807) is 17.7 Å². The standard InChI is InChI=1S/C14H15N5S/c1-2-4-12-11(3-1)18-14(20-12)7-15-10-5-6-13-16-9-17-19(13)8-10/h1-4,9-10,15H,5-8H2/t10-/m0/s1. The fourth-order valence-electron chi connectivity index (χ4n) is 2.63. The normalized spacial score (nSPS) is 18.3. The number of nitrogens with zero attached hydrogens (tertiary/aromatic N) is 4. The van der Waals surface area contributed by atoms with E-state index in [0.29, 0.717) is 6.04 Å². The SMILES string of the molecule is c1ccc2sc(CN[C@H]3CCc4ncnn4C3)nc2c1. The third kappa shape index (κ3) is 2.21. The fraction of sp³-hybridized carbons (Fsp3) is 0.357. The number of hydrogen-bond donors (Lipinski definition) is 1. The van der Waals surface area contributed by atoms with Gasteiger partial charge < -0.3 is 5.32 Å². The first-order valence-corrected chi connectivity index (χ1v) is 7.64. The lowest BCUT2D eigenvalue weighted by Crippen LogP contribution is -2.37. The third-order valence-electron chi connectivity index (χ3n) is 3.69. The number of thiazole rings is 1. The summed E-state index contributed by atoms with van der Waals surface area (Å²) in [5.41, 5.74) is 1.09. The highest BCUT2D eigenvalue weighted by atomic mass is 32.1. The van der Waals surface area contributed by atoms with Gasteiger partial charge in [-0.1, -0.05) is 12.1 Å². The van der Waals surface area contributed by atoms with Gasteiger partial charge in [0.15, 0.2) is 0 Å². The minimum Gasteiger partial charge on any atom is -0.306 e. The summed E-state index contributed by atoms with van der Waals surface area (Å²) in [7, 11) is 0. The lowest BCUT2D eigenvalue weighted by molar-refractivity contribution is 0.358. The van der Waals surface area contributed by atoms with Crippen molar-refractivity contribution in [1.29, 1.82) is 0 Å². The molecular formula is C14H15N5S. The van der Waals surface area contributed by atoms with Crippen molar-refractivity contribution in [2.45, 2.75) is 32.0 Å². The zero-order chi connectivity index (χ0) is 13.4. The Hall–Kier alpha value is -1.79. The summed E-state index contributed by atoms with van der Waals surface area (Å²) in [5.74, 6) is 1.10. The van der Waals surface area contributed by atoms with Gasteiger partial charge in [0.2, 0.25) is 0 Å². The van der Waals surface area contributed by atoms with Gasteiger partial charge in [-0.15, -0.1) is 11.3 Å². The summed E-state index contributed by atoms with van der Waals surface area (Å²) in [6.07, 6.45) is 3.76. The van der Waals surface area contributed by atoms with Gasteiger partial charge in [0.25, 0.3) is 0 Å². The second kappa shape index (κ2) is 4.96. The molecule has 0 aliphatic carbocycles. The summed E-state index contributed by atoms with van der Waals surface area (Å²) in [5, 5.41) is 8.99. The molecule has 3 aromatic rings. The Morgan fingerprint density at radius 2 is 2.30 bits per heavy atom. The van der Waals surface area contributed by atoms with Gasteiger partial charge in [0.05, 0.1) is 16.8 Å². The van der Waals surface area contributed by atoms with Crippen molar-refractivity contribution in [3.05, 3.63) is 41.4 Å². The monoisotopic (exact) mass is 285 g/mol. The van der Waals surface area contributed by atoms with Crippen molar-refractivity contribution in [2.24, 2.45) is 0 Å². The largest absolute Gasteiger partial charge is 0.306 e. The third-order valence-corrected chi connectivity index (χ3v) is 4.72. The molecule has 20 heavy (non-hydrogen) atoms. The van der Waals surface area contributed by atoms with Crippen LogP contribution in [0.2, 0.25) is 0 Å². The molecule has 0 unspecified atom stereocenters. The van der Waals surface area contributed by atoms with Crippen molar-refractivity contribution >= 4 is 21.6 Å². The molecule has 1 aromatic carbocycles. The second-order valence-corrected chi connectivity index (χ2v) is 6.17. The molecule has 2 aromatic heterocycles. The summed E-state index contributed by atoms with van der Waals surface area (Å²) in [4.78, 5) is 8.90. The molecule has 102 valence electrons. The van der Waals surface area contributed by atoms with Crippen molar-refractivity contribution in [3.8, 4) is 0 Å². The summed E-state index contributed by atoms with van der Waals surface area (Å²) < 4.78 is 3.26. The van der Waals surface area contributed by atoms with E-state index in [4.69, 9.17) is 0 Å². The van der Waals surface area contributed by atoms with Crippen LogP contribution in [0.3, 0.4) is 0 Å². The molecular weight excluding hydrogens is 270 g/mol. The molecule has 0 saturated carbocycles. The van der Waals surface area contributed by atoms with Crippen LogP contribution in [-0.2, 0) is 19.5 Å². The Morgan fingerprint density at radius 1 is 1.35 bits per heavy atom. The molecule has 3 heterocycles. The van der Waals surface area contributed by atoms with Crippen LogP contribution < -0.4 is 5.32 Å². The van der Waals surface area contributed by atoms with Crippen LogP contribution in [0.1, 0.15) is 17.3 Å². The predicted molar refractivity (Wildman–Crippen MR) is 78.6 cm³/mol. The molecule has 1 atom stereocenters. The quantitative estimate of drug-likeness (QED) is 0.799. The lowest BCUT2D eigenvalue weighted by atomic mass is 10.1. The van der Waals surface area contributed by atoms with Gasteiger partial charge in [-0.2, -0.15) is 5.10 Å². The van der Waals surface area contributed by atoms with Crippen LogP contribution in [-0.4, -0.2) is 25.8 Å². The van der Waals surface area contributed by atoms with E-state index in [2.05, 4.69) is 38.6 Å². The number of nitrogens with one attached hydrogen (secondary N) is 1. The first kappa shape index (κ1) is 12.0. The number of benzene rings is 1. The van der Waals surface area contributed by atoms with Gasteiger partial charge in [0, 0.05) is 19.0 Å². The highest BCUT2D eigenvalue weighted by molar-refractivity contribution is 7.18. The van der Waals surface area contributed by atoms with E-state index in [1.807, 2.05) is 10.7 Å². The molecule has 4 rings (SSSR count). The van der Waals surface area contributed by atoms with Gasteiger partial charge >= 0.3 is 0 Å². The number of para-hydroxylation sites is 1. The van der Waals surface area contributed by atoms with Crippen LogP contribution in [0.15, 0.2) is 30.6 Å². The molecule has 0 bridgehead atoms. The topological polar surface area (TPSA) is 55.6 Å². The first-order chi connectivity index (χ1) is 9.88. The van der Waals surface area contributed by atoms with E-state index < -0.39 is 0 Å². The Labute approximate surface area is 120 Å². The average Bonchev–Trinajstić information content (AvgIpc) is 3.10. The summed E-state index contributed by atoms with van der Waals surface area (Å²) >= 11 is 1.76. The number of rotatable bonds is 3. The van der Waals surface area contributed by atoms with E-state index in [-0.39, 0.29) is 0 Å². The fourth-order valence-corrected chi connectivity index (χ4v) is 3.55. The van der Waals surface area contributed by atoms with Gasteiger partial charge in [-0.25, -0.2) is 14.6 Å². The zero-order valence-electron chi connectivity index (χ0n) is 11.0. The molecule has 5 nitrogen and oxygen atoms in total. The van der Waals surface area contributed by atoms with E-state index >= 15 is 0 Å². The predicted octanol–water partition coefficient (Wildman–Crippen LogP) is 1.99. The summed E-state index contributed by atoms with van der Waals surface area (Å²) in [6, 6.07) is 8.74. The molecule has 1 aliphatic rings. The Kier molecular flexibility index (Phi) is 2.97. The van der Waals surface area contributed by atoms with Crippen LogP contribution >= 0.6 is 11.3 Å². The molecule has 0 saturated heterocycles. The molecule has 6 heteroatoms. The number of hydrogen-bond acceptors (Lipinski definition) is 5.